The maximum Gasteiger partial charge on any atom is 0.313 e. The van der Waals surface area contributed by atoms with Gasteiger partial charge < -0.3 is 0 Å². The van der Waals surface area contributed by atoms with E-state index in [2.05, 4.69) is 10.1 Å². The van der Waals surface area contributed by atoms with Crippen molar-refractivity contribution >= 4 is 0 Å². The summed E-state index contributed by atoms with van der Waals surface area (Å²) in [6.07, 6.45) is -1.19. The number of benzene rings is 1. The Morgan fingerprint density at radius 2 is 1.77 bits per heavy atom. The number of hydrogen-bond donors (Lipinski definition) is 0. The lowest BCUT2D eigenvalue weighted by Gasteiger charge is -2.27. The van der Waals surface area contributed by atoms with Gasteiger partial charge in [0.25, 0.3) is 0 Å². The minimum Gasteiger partial charge on any atom is -0.239 e. The second-order valence-corrected chi connectivity index (χ2v) is 6.69. The molecule has 0 amide bonds. The zero-order valence-electron chi connectivity index (χ0n) is 12.7. The summed E-state index contributed by atoms with van der Waals surface area (Å²) in [5.74, 6) is -3.82. The SMILES string of the molecule is CC(C)(C)C(F)(F)c1nc2n(n1)[C@H](c1ccccc1)C[C@@H]2F. The fourth-order valence-electron chi connectivity index (χ4n) is 2.60. The third-order valence-electron chi connectivity index (χ3n) is 4.07. The molecule has 1 aromatic carbocycles. The van der Waals surface area contributed by atoms with Crippen LogP contribution in [0.1, 0.15) is 56.6 Å². The Bertz CT molecular complexity index is 674. The van der Waals surface area contributed by atoms with Gasteiger partial charge in [-0.25, -0.2) is 14.1 Å². The van der Waals surface area contributed by atoms with Gasteiger partial charge in [0.15, 0.2) is 12.0 Å². The summed E-state index contributed by atoms with van der Waals surface area (Å²) < 4.78 is 44.3. The lowest BCUT2D eigenvalue weighted by molar-refractivity contribution is -0.112. The molecule has 0 aliphatic carbocycles. The van der Waals surface area contributed by atoms with Gasteiger partial charge in [-0.05, 0) is 5.56 Å². The number of halogens is 3. The molecule has 6 heteroatoms. The first-order valence-electron chi connectivity index (χ1n) is 7.25. The summed E-state index contributed by atoms with van der Waals surface area (Å²) in [5.41, 5.74) is -0.483. The van der Waals surface area contributed by atoms with Crippen molar-refractivity contribution in [2.75, 3.05) is 0 Å². The van der Waals surface area contributed by atoms with Crippen LogP contribution in [0.4, 0.5) is 13.2 Å². The topological polar surface area (TPSA) is 30.7 Å². The average Bonchev–Trinajstić information content (AvgIpc) is 3.00. The Hall–Kier alpha value is -1.85. The Labute approximate surface area is 127 Å². The molecule has 3 nitrogen and oxygen atoms in total. The first kappa shape index (κ1) is 15.1. The normalized spacial score (nSPS) is 21.9. The van der Waals surface area contributed by atoms with E-state index in [0.717, 1.165) is 5.56 Å². The first-order chi connectivity index (χ1) is 10.2. The highest BCUT2D eigenvalue weighted by molar-refractivity contribution is 5.24. The van der Waals surface area contributed by atoms with Gasteiger partial charge in [0.1, 0.15) is 0 Å². The van der Waals surface area contributed by atoms with Crippen LogP contribution in [-0.4, -0.2) is 14.8 Å². The quantitative estimate of drug-likeness (QED) is 0.822. The molecule has 2 aromatic rings. The highest BCUT2D eigenvalue weighted by Gasteiger charge is 2.50. The van der Waals surface area contributed by atoms with Crippen LogP contribution in [0.3, 0.4) is 0 Å². The van der Waals surface area contributed by atoms with Crippen molar-refractivity contribution < 1.29 is 13.2 Å². The molecule has 1 aromatic heterocycles. The summed E-state index contributed by atoms with van der Waals surface area (Å²) in [6.45, 7) is 4.25. The third-order valence-corrected chi connectivity index (χ3v) is 4.07. The van der Waals surface area contributed by atoms with Crippen LogP contribution in [0.15, 0.2) is 30.3 Å². The second-order valence-electron chi connectivity index (χ2n) is 6.69. The van der Waals surface area contributed by atoms with Crippen LogP contribution in [0.2, 0.25) is 0 Å². The molecule has 2 atom stereocenters. The fraction of sp³-hybridized carbons (Fsp3) is 0.500. The molecule has 0 unspecified atom stereocenters. The van der Waals surface area contributed by atoms with Gasteiger partial charge in [0.2, 0.25) is 5.82 Å². The molecule has 1 aliphatic heterocycles. The van der Waals surface area contributed by atoms with Crippen LogP contribution in [0.25, 0.3) is 0 Å². The summed E-state index contributed by atoms with van der Waals surface area (Å²) in [4.78, 5) is 3.81. The molecule has 1 aliphatic rings. The molecular weight excluding hydrogens is 291 g/mol. The molecule has 0 saturated carbocycles. The first-order valence-corrected chi connectivity index (χ1v) is 7.25. The average molecular weight is 309 g/mol. The largest absolute Gasteiger partial charge is 0.313 e. The molecular formula is C16H18F3N3. The smallest absolute Gasteiger partial charge is 0.239 e. The fourth-order valence-corrected chi connectivity index (χ4v) is 2.60. The highest BCUT2D eigenvalue weighted by Crippen LogP contribution is 2.46. The Morgan fingerprint density at radius 3 is 2.36 bits per heavy atom. The standard InChI is InChI=1S/C16H18F3N3/c1-15(2,3)16(18,19)14-20-13-11(17)9-12(22(13)21-14)10-7-5-4-6-8-10/h4-8,11-12H,9H2,1-3H3/t11-,12-/m0/s1. The van der Waals surface area contributed by atoms with E-state index in [1.807, 2.05) is 30.3 Å². The Balaban J connectivity index is 2.04. The van der Waals surface area contributed by atoms with Gasteiger partial charge in [-0.15, -0.1) is 5.10 Å². The van der Waals surface area contributed by atoms with Gasteiger partial charge in [0, 0.05) is 11.8 Å². The minimum atomic E-state index is -3.22. The number of fused-ring (bicyclic) bond motifs is 1. The molecule has 0 fully saturated rings. The summed E-state index contributed by atoms with van der Waals surface area (Å²) in [6, 6.07) is 8.83. The predicted octanol–water partition coefficient (Wildman–Crippen LogP) is 4.42. The molecule has 0 spiro atoms. The van der Waals surface area contributed by atoms with E-state index in [0.29, 0.717) is 0 Å². The molecule has 2 heterocycles. The zero-order chi connectivity index (χ0) is 16.1. The van der Waals surface area contributed by atoms with Crippen molar-refractivity contribution in [1.29, 1.82) is 0 Å². The van der Waals surface area contributed by atoms with Crippen LogP contribution in [-0.2, 0) is 5.92 Å². The number of rotatable bonds is 2. The van der Waals surface area contributed by atoms with Crippen LogP contribution in [0, 0.1) is 5.41 Å². The lowest BCUT2D eigenvalue weighted by atomic mass is 9.87. The van der Waals surface area contributed by atoms with Gasteiger partial charge in [-0.2, -0.15) is 8.78 Å². The predicted molar refractivity (Wildman–Crippen MR) is 76.4 cm³/mol. The van der Waals surface area contributed by atoms with Crippen molar-refractivity contribution in [3.63, 3.8) is 0 Å². The molecule has 0 radical (unpaired) electrons. The summed E-state index contributed by atoms with van der Waals surface area (Å²) in [7, 11) is 0. The number of nitrogens with zero attached hydrogens (tertiary/aromatic N) is 3. The van der Waals surface area contributed by atoms with E-state index >= 15 is 0 Å². The minimum absolute atomic E-state index is 0.00669. The van der Waals surface area contributed by atoms with Crippen molar-refractivity contribution in [1.82, 2.24) is 14.8 Å². The molecule has 118 valence electrons. The molecule has 3 rings (SSSR count). The van der Waals surface area contributed by atoms with Crippen molar-refractivity contribution in [2.45, 2.75) is 45.3 Å². The number of alkyl halides is 3. The summed E-state index contributed by atoms with van der Waals surface area (Å²) in [5, 5.41) is 3.95. The number of aromatic nitrogens is 3. The molecule has 22 heavy (non-hydrogen) atoms. The van der Waals surface area contributed by atoms with E-state index in [4.69, 9.17) is 0 Å². The van der Waals surface area contributed by atoms with Gasteiger partial charge in [-0.3, -0.25) is 0 Å². The van der Waals surface area contributed by atoms with Crippen molar-refractivity contribution in [3.05, 3.63) is 47.5 Å². The maximum atomic E-state index is 14.4. The van der Waals surface area contributed by atoms with E-state index in [1.165, 1.54) is 25.5 Å². The maximum absolute atomic E-state index is 14.4. The summed E-state index contributed by atoms with van der Waals surface area (Å²) >= 11 is 0. The van der Waals surface area contributed by atoms with Crippen molar-refractivity contribution in [3.8, 4) is 0 Å². The lowest BCUT2D eigenvalue weighted by Crippen LogP contribution is -2.32. The van der Waals surface area contributed by atoms with Crippen LogP contribution in [0.5, 0.6) is 0 Å². The van der Waals surface area contributed by atoms with Crippen LogP contribution >= 0.6 is 0 Å². The zero-order valence-corrected chi connectivity index (χ0v) is 12.7. The van der Waals surface area contributed by atoms with E-state index < -0.39 is 23.3 Å². The van der Waals surface area contributed by atoms with Crippen molar-refractivity contribution in [2.24, 2.45) is 5.41 Å². The second kappa shape index (κ2) is 4.83. The number of hydrogen-bond acceptors (Lipinski definition) is 2. The Morgan fingerprint density at radius 1 is 1.14 bits per heavy atom. The van der Waals surface area contributed by atoms with Gasteiger partial charge >= 0.3 is 5.92 Å². The third kappa shape index (κ3) is 2.21. The van der Waals surface area contributed by atoms with Gasteiger partial charge in [-0.1, -0.05) is 51.1 Å². The highest BCUT2D eigenvalue weighted by atomic mass is 19.3. The van der Waals surface area contributed by atoms with E-state index in [9.17, 15) is 13.2 Å². The van der Waals surface area contributed by atoms with E-state index in [-0.39, 0.29) is 18.3 Å². The van der Waals surface area contributed by atoms with E-state index in [1.54, 1.807) is 0 Å². The Kier molecular flexibility index (Phi) is 3.30. The van der Waals surface area contributed by atoms with Gasteiger partial charge in [0.05, 0.1) is 6.04 Å². The molecule has 0 N–H and O–H groups in total. The monoisotopic (exact) mass is 309 g/mol. The molecule has 0 bridgehead atoms. The van der Waals surface area contributed by atoms with Crippen LogP contribution < -0.4 is 0 Å². The molecule has 0 saturated heterocycles.